The number of hydrogen-bond donors (Lipinski definition) is 2. The standard InChI is InChI=1S/C9H19NO3/c1-4-9(3,8(11)12)10-6-7-13-5-2/h10H,4-7H2,1-3H3,(H,11,12). The van der Waals surface area contributed by atoms with Crippen LogP contribution in [0.15, 0.2) is 0 Å². The monoisotopic (exact) mass is 189 g/mol. The van der Waals surface area contributed by atoms with E-state index < -0.39 is 11.5 Å². The normalized spacial score (nSPS) is 15.3. The summed E-state index contributed by atoms with van der Waals surface area (Å²) in [6.07, 6.45) is 0.564. The maximum absolute atomic E-state index is 10.8. The number of rotatable bonds is 7. The fraction of sp³-hybridized carbons (Fsp3) is 0.889. The lowest BCUT2D eigenvalue weighted by molar-refractivity contribution is -0.144. The van der Waals surface area contributed by atoms with E-state index in [0.717, 1.165) is 0 Å². The number of ether oxygens (including phenoxy) is 1. The van der Waals surface area contributed by atoms with Crippen LogP contribution in [-0.4, -0.2) is 36.4 Å². The third-order valence-corrected chi connectivity index (χ3v) is 2.14. The zero-order chi connectivity index (χ0) is 10.3. The largest absolute Gasteiger partial charge is 0.480 e. The summed E-state index contributed by atoms with van der Waals surface area (Å²) in [6.45, 7) is 7.24. The van der Waals surface area contributed by atoms with Gasteiger partial charge in [0.05, 0.1) is 6.61 Å². The molecule has 0 fully saturated rings. The highest BCUT2D eigenvalue weighted by Crippen LogP contribution is 2.08. The Bertz CT molecular complexity index is 161. The Balaban J connectivity index is 3.78. The van der Waals surface area contributed by atoms with Crippen LogP contribution in [0.5, 0.6) is 0 Å². The van der Waals surface area contributed by atoms with Crippen molar-refractivity contribution < 1.29 is 14.6 Å². The van der Waals surface area contributed by atoms with E-state index in [9.17, 15) is 4.79 Å². The Morgan fingerprint density at radius 3 is 2.54 bits per heavy atom. The lowest BCUT2D eigenvalue weighted by Gasteiger charge is -2.24. The van der Waals surface area contributed by atoms with Crippen LogP contribution in [0.25, 0.3) is 0 Å². The van der Waals surface area contributed by atoms with Gasteiger partial charge in [0.15, 0.2) is 0 Å². The topological polar surface area (TPSA) is 58.6 Å². The van der Waals surface area contributed by atoms with Crippen LogP contribution in [0.1, 0.15) is 27.2 Å². The summed E-state index contributed by atoms with van der Waals surface area (Å²) in [7, 11) is 0. The van der Waals surface area contributed by atoms with Gasteiger partial charge in [-0.1, -0.05) is 6.92 Å². The number of carboxylic acid groups (broad SMARTS) is 1. The van der Waals surface area contributed by atoms with E-state index in [0.29, 0.717) is 26.2 Å². The van der Waals surface area contributed by atoms with Gasteiger partial charge in [-0.2, -0.15) is 0 Å². The first-order chi connectivity index (χ1) is 6.06. The Kier molecular flexibility index (Phi) is 5.66. The van der Waals surface area contributed by atoms with Crippen molar-refractivity contribution in [3.63, 3.8) is 0 Å². The van der Waals surface area contributed by atoms with Crippen molar-refractivity contribution in [1.82, 2.24) is 5.32 Å². The molecule has 0 aromatic rings. The summed E-state index contributed by atoms with van der Waals surface area (Å²) < 4.78 is 5.10. The molecular formula is C9H19NO3. The first-order valence-electron chi connectivity index (χ1n) is 4.63. The van der Waals surface area contributed by atoms with Gasteiger partial charge < -0.3 is 9.84 Å². The molecule has 4 nitrogen and oxygen atoms in total. The maximum Gasteiger partial charge on any atom is 0.323 e. The van der Waals surface area contributed by atoms with E-state index in [1.165, 1.54) is 0 Å². The molecule has 4 heteroatoms. The predicted molar refractivity (Wildman–Crippen MR) is 50.8 cm³/mol. The van der Waals surface area contributed by atoms with Crippen LogP contribution in [0.2, 0.25) is 0 Å². The number of carboxylic acids is 1. The van der Waals surface area contributed by atoms with Gasteiger partial charge in [0.2, 0.25) is 0 Å². The van der Waals surface area contributed by atoms with E-state index in [1.807, 2.05) is 13.8 Å². The quantitative estimate of drug-likeness (QED) is 0.583. The highest BCUT2D eigenvalue weighted by Gasteiger charge is 2.29. The third-order valence-electron chi connectivity index (χ3n) is 2.14. The van der Waals surface area contributed by atoms with Crippen molar-refractivity contribution in [3.8, 4) is 0 Å². The summed E-state index contributed by atoms with van der Waals surface area (Å²) in [5, 5.41) is 11.8. The maximum atomic E-state index is 10.8. The molecule has 0 saturated carbocycles. The van der Waals surface area contributed by atoms with E-state index in [1.54, 1.807) is 6.92 Å². The molecule has 0 bridgehead atoms. The van der Waals surface area contributed by atoms with Gasteiger partial charge in [-0.25, -0.2) is 0 Å². The van der Waals surface area contributed by atoms with Crippen molar-refractivity contribution in [2.24, 2.45) is 0 Å². The lowest BCUT2D eigenvalue weighted by atomic mass is 9.99. The highest BCUT2D eigenvalue weighted by atomic mass is 16.5. The molecule has 1 atom stereocenters. The van der Waals surface area contributed by atoms with Crippen LogP contribution < -0.4 is 5.32 Å². The Morgan fingerprint density at radius 1 is 1.54 bits per heavy atom. The minimum absolute atomic E-state index is 0.555. The van der Waals surface area contributed by atoms with Gasteiger partial charge in [-0.05, 0) is 20.3 Å². The molecule has 0 aromatic carbocycles. The number of aliphatic carboxylic acids is 1. The molecule has 0 aliphatic heterocycles. The van der Waals surface area contributed by atoms with E-state index in [-0.39, 0.29) is 0 Å². The van der Waals surface area contributed by atoms with Crippen molar-refractivity contribution in [1.29, 1.82) is 0 Å². The van der Waals surface area contributed by atoms with Gasteiger partial charge in [0.1, 0.15) is 5.54 Å². The zero-order valence-corrected chi connectivity index (χ0v) is 8.59. The third kappa shape index (κ3) is 4.24. The summed E-state index contributed by atoms with van der Waals surface area (Å²) >= 11 is 0. The van der Waals surface area contributed by atoms with Crippen molar-refractivity contribution in [2.45, 2.75) is 32.7 Å². The fourth-order valence-corrected chi connectivity index (χ4v) is 0.895. The van der Waals surface area contributed by atoms with Crippen LogP contribution in [0.4, 0.5) is 0 Å². The van der Waals surface area contributed by atoms with Gasteiger partial charge >= 0.3 is 5.97 Å². The van der Waals surface area contributed by atoms with Crippen LogP contribution in [-0.2, 0) is 9.53 Å². The molecule has 78 valence electrons. The second-order valence-corrected chi connectivity index (χ2v) is 3.11. The number of hydrogen-bond acceptors (Lipinski definition) is 3. The Hall–Kier alpha value is -0.610. The second-order valence-electron chi connectivity index (χ2n) is 3.11. The van der Waals surface area contributed by atoms with Crippen LogP contribution in [0, 0.1) is 0 Å². The molecule has 0 spiro atoms. The summed E-state index contributed by atoms with van der Waals surface area (Å²) in [4.78, 5) is 10.8. The Labute approximate surface area is 79.3 Å². The Morgan fingerprint density at radius 2 is 2.15 bits per heavy atom. The molecule has 0 saturated heterocycles. The van der Waals surface area contributed by atoms with E-state index in [4.69, 9.17) is 9.84 Å². The summed E-state index contributed by atoms with van der Waals surface area (Å²) in [6, 6.07) is 0. The SMILES string of the molecule is CCOCCNC(C)(CC)C(=O)O. The lowest BCUT2D eigenvalue weighted by Crippen LogP contribution is -2.50. The fourth-order valence-electron chi connectivity index (χ4n) is 0.895. The van der Waals surface area contributed by atoms with E-state index >= 15 is 0 Å². The first kappa shape index (κ1) is 12.4. The number of carbonyl (C=O) groups is 1. The van der Waals surface area contributed by atoms with Gasteiger partial charge in [-0.15, -0.1) is 0 Å². The molecule has 0 amide bonds. The molecule has 1 unspecified atom stereocenters. The minimum atomic E-state index is -0.822. The minimum Gasteiger partial charge on any atom is -0.480 e. The summed E-state index contributed by atoms with van der Waals surface area (Å²) in [5.74, 6) is -0.813. The average molecular weight is 189 g/mol. The summed E-state index contributed by atoms with van der Waals surface area (Å²) in [5.41, 5.74) is -0.822. The van der Waals surface area contributed by atoms with Crippen molar-refractivity contribution in [2.75, 3.05) is 19.8 Å². The molecule has 13 heavy (non-hydrogen) atoms. The molecule has 0 radical (unpaired) electrons. The smallest absolute Gasteiger partial charge is 0.323 e. The predicted octanol–water partition coefficient (Wildman–Crippen LogP) is 0.866. The first-order valence-corrected chi connectivity index (χ1v) is 4.63. The van der Waals surface area contributed by atoms with Crippen LogP contribution >= 0.6 is 0 Å². The highest BCUT2D eigenvalue weighted by molar-refractivity contribution is 5.78. The van der Waals surface area contributed by atoms with Crippen molar-refractivity contribution >= 4 is 5.97 Å². The van der Waals surface area contributed by atoms with Gasteiger partial charge in [0, 0.05) is 13.2 Å². The van der Waals surface area contributed by atoms with Gasteiger partial charge in [-0.3, -0.25) is 10.1 Å². The van der Waals surface area contributed by atoms with Crippen LogP contribution in [0.3, 0.4) is 0 Å². The molecule has 0 aliphatic rings. The molecule has 0 aromatic heterocycles. The molecular weight excluding hydrogens is 170 g/mol. The van der Waals surface area contributed by atoms with Gasteiger partial charge in [0.25, 0.3) is 0 Å². The molecule has 0 rings (SSSR count). The van der Waals surface area contributed by atoms with Crippen molar-refractivity contribution in [3.05, 3.63) is 0 Å². The number of nitrogens with one attached hydrogen (secondary N) is 1. The molecule has 0 aliphatic carbocycles. The van der Waals surface area contributed by atoms with E-state index in [2.05, 4.69) is 5.32 Å². The average Bonchev–Trinajstić information content (AvgIpc) is 2.12. The molecule has 2 N–H and O–H groups in total. The zero-order valence-electron chi connectivity index (χ0n) is 8.59. The molecule has 0 heterocycles. The second kappa shape index (κ2) is 5.94.